The molecule has 0 aromatic heterocycles. The molecule has 0 aromatic rings. The molecule has 0 N–H and O–H groups in total. The first-order valence-electron chi connectivity index (χ1n) is 14.7. The molecule has 204 valence electrons. The summed E-state index contributed by atoms with van der Waals surface area (Å²) < 4.78 is 0. The summed E-state index contributed by atoms with van der Waals surface area (Å²) in [7, 11) is 2.20. The quantitative estimate of drug-likeness (QED) is 0.455. The predicted molar refractivity (Wildman–Crippen MR) is 156 cm³/mol. The summed E-state index contributed by atoms with van der Waals surface area (Å²) in [6.07, 6.45) is 1.31. The van der Waals surface area contributed by atoms with E-state index in [0.29, 0.717) is 11.3 Å². The minimum Gasteiger partial charge on any atom is -0.305 e. The maximum Gasteiger partial charge on any atom is 0.0602 e. The van der Waals surface area contributed by atoms with E-state index in [0.717, 1.165) is 12.0 Å². The van der Waals surface area contributed by atoms with E-state index < -0.39 is 0 Å². The van der Waals surface area contributed by atoms with E-state index in [-0.39, 0.29) is 0 Å². The number of nitrogens with zero attached hydrogens (tertiary/aromatic N) is 4. The van der Waals surface area contributed by atoms with Crippen LogP contribution in [0.25, 0.3) is 0 Å². The summed E-state index contributed by atoms with van der Waals surface area (Å²) in [4.78, 5) is 10.00. The molecular formula is C30H64N4. The van der Waals surface area contributed by atoms with Crippen LogP contribution in [0.3, 0.4) is 0 Å². The summed E-state index contributed by atoms with van der Waals surface area (Å²) in [6.45, 7) is 38.9. The number of hydrogen-bond acceptors (Lipinski definition) is 4. The standard InChI is InChI=1S/C12H20N2.C10H20N2.4C2H6/c1-11(2)5-4-6-14-9-12(10-14)7-13(3)8-12;1-3-5-12-8-10(9-12)6-11(4-2)7-10;4*1-2/h11H,6-10H2,1-3H3;3-9H2,1-2H3;4*1-2H3. The zero-order valence-corrected chi connectivity index (χ0v) is 25.9. The Morgan fingerprint density at radius 3 is 1.44 bits per heavy atom. The third-order valence-electron chi connectivity index (χ3n) is 6.25. The lowest BCUT2D eigenvalue weighted by molar-refractivity contribution is -0.112. The maximum absolute atomic E-state index is 3.25. The van der Waals surface area contributed by atoms with Crippen LogP contribution in [0.4, 0.5) is 0 Å². The smallest absolute Gasteiger partial charge is 0.0602 e. The van der Waals surface area contributed by atoms with Gasteiger partial charge in [0, 0.05) is 69.1 Å². The average Bonchev–Trinajstić information content (AvgIpc) is 2.77. The highest BCUT2D eigenvalue weighted by atomic mass is 15.3. The average molecular weight is 481 g/mol. The summed E-state index contributed by atoms with van der Waals surface area (Å²) in [5.74, 6) is 6.97. The number of hydrogen-bond donors (Lipinski definition) is 0. The Hall–Kier alpha value is -0.600. The molecule has 2 spiro atoms. The molecule has 0 aliphatic carbocycles. The van der Waals surface area contributed by atoms with Crippen molar-refractivity contribution in [3.63, 3.8) is 0 Å². The molecule has 34 heavy (non-hydrogen) atoms. The van der Waals surface area contributed by atoms with Crippen LogP contribution in [0.2, 0.25) is 0 Å². The van der Waals surface area contributed by atoms with Gasteiger partial charge >= 0.3 is 0 Å². The molecule has 4 aliphatic heterocycles. The van der Waals surface area contributed by atoms with Crippen LogP contribution in [0.15, 0.2) is 0 Å². The van der Waals surface area contributed by atoms with Crippen LogP contribution in [0, 0.1) is 28.6 Å². The van der Waals surface area contributed by atoms with Crippen LogP contribution in [0.5, 0.6) is 0 Å². The zero-order valence-electron chi connectivity index (χ0n) is 25.9. The Labute approximate surface area is 216 Å². The van der Waals surface area contributed by atoms with Crippen molar-refractivity contribution in [3.8, 4) is 11.8 Å². The van der Waals surface area contributed by atoms with E-state index in [1.165, 1.54) is 71.9 Å². The number of likely N-dealkylation sites (tertiary alicyclic amines) is 4. The highest BCUT2D eigenvalue weighted by molar-refractivity contribution is 5.10. The van der Waals surface area contributed by atoms with Crippen molar-refractivity contribution in [2.24, 2.45) is 16.7 Å². The van der Waals surface area contributed by atoms with Crippen molar-refractivity contribution < 1.29 is 0 Å². The van der Waals surface area contributed by atoms with Crippen LogP contribution in [-0.4, -0.2) is 98.6 Å². The van der Waals surface area contributed by atoms with Crippen molar-refractivity contribution in [1.29, 1.82) is 0 Å². The van der Waals surface area contributed by atoms with Crippen molar-refractivity contribution >= 4 is 0 Å². The normalized spacial score (nSPS) is 21.2. The Balaban J connectivity index is 0. The van der Waals surface area contributed by atoms with Gasteiger partial charge in [0.2, 0.25) is 0 Å². The molecule has 0 aromatic carbocycles. The molecule has 0 bridgehead atoms. The molecular weight excluding hydrogens is 416 g/mol. The SMILES string of the molecule is CC.CC.CC.CC.CC(C)C#CCN1CC2(CN(C)C2)C1.CCCN1CC2(CN(CC)C2)C1. The van der Waals surface area contributed by atoms with Crippen LogP contribution >= 0.6 is 0 Å². The zero-order chi connectivity index (χ0) is 26.8. The van der Waals surface area contributed by atoms with Crippen LogP contribution < -0.4 is 0 Å². The first-order chi connectivity index (χ1) is 16.4. The van der Waals surface area contributed by atoms with Gasteiger partial charge < -0.3 is 14.7 Å². The molecule has 4 aliphatic rings. The molecule has 0 radical (unpaired) electrons. The van der Waals surface area contributed by atoms with Gasteiger partial charge in [0.25, 0.3) is 0 Å². The Morgan fingerprint density at radius 2 is 1.06 bits per heavy atom. The lowest BCUT2D eigenvalue weighted by Gasteiger charge is -2.60. The fraction of sp³-hybridized carbons (Fsp3) is 0.933. The van der Waals surface area contributed by atoms with E-state index in [2.05, 4.69) is 66.2 Å². The van der Waals surface area contributed by atoms with Gasteiger partial charge in [0.1, 0.15) is 0 Å². The van der Waals surface area contributed by atoms with E-state index in [1.54, 1.807) is 0 Å². The van der Waals surface area contributed by atoms with Gasteiger partial charge in [0.15, 0.2) is 0 Å². The Morgan fingerprint density at radius 1 is 0.647 bits per heavy atom. The van der Waals surface area contributed by atoms with Crippen molar-refractivity contribution in [2.75, 3.05) is 79.0 Å². The molecule has 0 amide bonds. The Bertz CT molecular complexity index is 506. The molecule has 4 heteroatoms. The van der Waals surface area contributed by atoms with Gasteiger partial charge in [-0.05, 0) is 26.6 Å². The molecule has 0 atom stereocenters. The first-order valence-corrected chi connectivity index (χ1v) is 14.7. The first kappa shape index (κ1) is 35.6. The highest BCUT2D eigenvalue weighted by Gasteiger charge is 2.50. The molecule has 4 heterocycles. The topological polar surface area (TPSA) is 13.0 Å². The minimum atomic E-state index is 0.514. The number of rotatable bonds is 4. The van der Waals surface area contributed by atoms with Crippen molar-refractivity contribution in [3.05, 3.63) is 0 Å². The molecule has 4 fully saturated rings. The monoisotopic (exact) mass is 481 g/mol. The lowest BCUT2D eigenvalue weighted by atomic mass is 9.73. The van der Waals surface area contributed by atoms with Crippen LogP contribution in [0.1, 0.15) is 89.5 Å². The second kappa shape index (κ2) is 19.6. The molecule has 0 saturated carbocycles. The van der Waals surface area contributed by atoms with E-state index in [4.69, 9.17) is 0 Å². The molecule has 4 nitrogen and oxygen atoms in total. The molecule has 0 unspecified atom stereocenters. The van der Waals surface area contributed by atoms with Crippen molar-refractivity contribution in [2.45, 2.75) is 89.5 Å². The fourth-order valence-electron chi connectivity index (χ4n) is 5.38. The van der Waals surface area contributed by atoms with E-state index in [1.807, 2.05) is 55.4 Å². The largest absolute Gasteiger partial charge is 0.305 e. The summed E-state index contributed by atoms with van der Waals surface area (Å²) in [5, 5.41) is 0. The van der Waals surface area contributed by atoms with E-state index >= 15 is 0 Å². The minimum absolute atomic E-state index is 0.514. The van der Waals surface area contributed by atoms with Gasteiger partial charge in [-0.15, -0.1) is 0 Å². The maximum atomic E-state index is 3.25. The fourth-order valence-corrected chi connectivity index (χ4v) is 5.38. The van der Waals surface area contributed by atoms with Gasteiger partial charge in [0.05, 0.1) is 6.54 Å². The summed E-state index contributed by atoms with van der Waals surface area (Å²) in [6, 6.07) is 0. The van der Waals surface area contributed by atoms with Gasteiger partial charge in [-0.2, -0.15) is 0 Å². The Kier molecular flexibility index (Phi) is 20.5. The second-order valence-electron chi connectivity index (χ2n) is 9.81. The van der Waals surface area contributed by atoms with Gasteiger partial charge in [-0.25, -0.2) is 0 Å². The summed E-state index contributed by atoms with van der Waals surface area (Å²) in [5.41, 5.74) is 1.40. The second-order valence-corrected chi connectivity index (χ2v) is 9.81. The third kappa shape index (κ3) is 11.4. The third-order valence-corrected chi connectivity index (χ3v) is 6.25. The lowest BCUT2D eigenvalue weighted by Crippen LogP contribution is -2.71. The highest BCUT2D eigenvalue weighted by Crippen LogP contribution is 2.39. The predicted octanol–water partition coefficient (Wildman–Crippen LogP) is 6.03. The van der Waals surface area contributed by atoms with Crippen molar-refractivity contribution in [1.82, 2.24) is 19.6 Å². The molecule has 4 rings (SSSR count). The molecule has 4 saturated heterocycles. The van der Waals surface area contributed by atoms with Gasteiger partial charge in [-0.3, -0.25) is 4.90 Å². The van der Waals surface area contributed by atoms with E-state index in [9.17, 15) is 0 Å². The van der Waals surface area contributed by atoms with Gasteiger partial charge in [-0.1, -0.05) is 94.9 Å². The van der Waals surface area contributed by atoms with Crippen LogP contribution in [-0.2, 0) is 0 Å². The summed E-state index contributed by atoms with van der Waals surface area (Å²) >= 11 is 0.